The molecular weight excluding hydrogens is 334 g/mol. The molecule has 0 aliphatic heterocycles. The first-order valence-corrected chi connectivity index (χ1v) is 7.76. The molecule has 1 aliphatic rings. The lowest BCUT2D eigenvalue weighted by molar-refractivity contribution is -0.384. The van der Waals surface area contributed by atoms with E-state index in [1.165, 1.54) is 18.2 Å². The molecule has 0 bridgehead atoms. The van der Waals surface area contributed by atoms with Gasteiger partial charge in [0.25, 0.3) is 12.1 Å². The predicted molar refractivity (Wildman–Crippen MR) is 85.6 cm³/mol. The Kier molecular flexibility index (Phi) is 4.47. The number of halogens is 2. The number of rotatable bonds is 6. The van der Waals surface area contributed by atoms with Gasteiger partial charge in [-0.2, -0.15) is 5.10 Å². The molecule has 1 aromatic heterocycles. The first-order valence-electron chi connectivity index (χ1n) is 7.76. The van der Waals surface area contributed by atoms with Crippen LogP contribution in [-0.2, 0) is 11.3 Å². The van der Waals surface area contributed by atoms with Gasteiger partial charge in [-0.15, -0.1) is 0 Å². The van der Waals surface area contributed by atoms with Gasteiger partial charge < -0.3 is 5.32 Å². The first kappa shape index (κ1) is 17.0. The van der Waals surface area contributed by atoms with Crippen molar-refractivity contribution in [3.8, 4) is 0 Å². The van der Waals surface area contributed by atoms with Crippen LogP contribution in [0.4, 0.5) is 20.2 Å². The summed E-state index contributed by atoms with van der Waals surface area (Å²) in [4.78, 5) is 22.6. The molecule has 132 valence electrons. The fraction of sp³-hybridized carbons (Fsp3) is 0.375. The van der Waals surface area contributed by atoms with E-state index in [1.807, 2.05) is 0 Å². The molecule has 1 heterocycles. The van der Waals surface area contributed by atoms with Crippen molar-refractivity contribution < 1.29 is 18.5 Å². The zero-order valence-corrected chi connectivity index (χ0v) is 13.4. The average Bonchev–Trinajstić information content (AvgIpc) is 3.30. The number of carbonyl (C=O) groups is 1. The molecular formula is C16H16F2N4O3. The second-order valence-corrected chi connectivity index (χ2v) is 6.05. The highest BCUT2D eigenvalue weighted by Gasteiger charge is 2.29. The summed E-state index contributed by atoms with van der Waals surface area (Å²) >= 11 is 0. The molecule has 3 rings (SSSR count). The van der Waals surface area contributed by atoms with Gasteiger partial charge in [-0.1, -0.05) is 6.07 Å². The van der Waals surface area contributed by atoms with Gasteiger partial charge in [-0.05, 0) is 37.5 Å². The lowest BCUT2D eigenvalue weighted by atomic mass is 10.2. The molecule has 1 aromatic carbocycles. The summed E-state index contributed by atoms with van der Waals surface area (Å²) in [5.41, 5.74) is 0.682. The summed E-state index contributed by atoms with van der Waals surface area (Å²) in [6.07, 6.45) is -0.940. The Morgan fingerprint density at radius 1 is 1.44 bits per heavy atom. The normalized spacial score (nSPS) is 13.9. The topological polar surface area (TPSA) is 90.1 Å². The second kappa shape index (κ2) is 6.58. The Bertz CT molecular complexity index is 831. The predicted octanol–water partition coefficient (Wildman–Crippen LogP) is 3.55. The maximum Gasteiger partial charge on any atom is 0.293 e. The number of hydrogen-bond donors (Lipinski definition) is 1. The molecule has 1 fully saturated rings. The molecule has 0 atom stereocenters. The Hall–Kier alpha value is -2.84. The van der Waals surface area contributed by atoms with Gasteiger partial charge in [-0.25, -0.2) is 8.78 Å². The minimum Gasteiger partial charge on any atom is -0.319 e. The van der Waals surface area contributed by atoms with Gasteiger partial charge in [0.15, 0.2) is 0 Å². The van der Waals surface area contributed by atoms with E-state index < -0.39 is 23.8 Å². The highest BCUT2D eigenvalue weighted by molar-refractivity contribution is 5.93. The van der Waals surface area contributed by atoms with E-state index in [2.05, 4.69) is 10.4 Å². The summed E-state index contributed by atoms with van der Waals surface area (Å²) in [6, 6.07) is 5.69. The van der Waals surface area contributed by atoms with E-state index in [-0.39, 0.29) is 23.0 Å². The Morgan fingerprint density at radius 2 is 2.16 bits per heavy atom. The summed E-state index contributed by atoms with van der Waals surface area (Å²) in [5, 5.41) is 17.6. The first-order chi connectivity index (χ1) is 11.8. The van der Waals surface area contributed by atoms with Crippen molar-refractivity contribution in [1.29, 1.82) is 0 Å². The van der Waals surface area contributed by atoms with E-state index in [1.54, 1.807) is 13.0 Å². The van der Waals surface area contributed by atoms with Crippen molar-refractivity contribution in [3.63, 3.8) is 0 Å². The minimum absolute atomic E-state index is 0.0220. The molecule has 0 radical (unpaired) electrons. The quantitative estimate of drug-likeness (QED) is 0.637. The summed E-state index contributed by atoms with van der Waals surface area (Å²) < 4.78 is 27.2. The number of hydrogen-bond acceptors (Lipinski definition) is 4. The fourth-order valence-electron chi connectivity index (χ4n) is 2.56. The second-order valence-electron chi connectivity index (χ2n) is 6.05. The Morgan fingerprint density at radius 3 is 2.76 bits per heavy atom. The number of nitrogens with zero attached hydrogens (tertiary/aromatic N) is 3. The molecule has 25 heavy (non-hydrogen) atoms. The third kappa shape index (κ3) is 3.81. The highest BCUT2D eigenvalue weighted by atomic mass is 19.3. The largest absolute Gasteiger partial charge is 0.319 e. The summed E-state index contributed by atoms with van der Waals surface area (Å²) in [6.45, 7) is 1.26. The molecule has 0 spiro atoms. The lowest BCUT2D eigenvalue weighted by Gasteiger charge is -2.09. The molecule has 1 amide bonds. The van der Waals surface area contributed by atoms with Crippen LogP contribution in [0.5, 0.6) is 0 Å². The number of aryl methyl sites for hydroxylation is 1. The lowest BCUT2D eigenvalue weighted by Crippen LogP contribution is -2.21. The molecule has 1 N–H and O–H groups in total. The number of carbonyl (C=O) groups excluding carboxylic acids is 1. The van der Waals surface area contributed by atoms with Gasteiger partial charge in [0, 0.05) is 12.0 Å². The molecule has 7 nitrogen and oxygen atoms in total. The molecule has 1 aliphatic carbocycles. The minimum atomic E-state index is -2.75. The van der Waals surface area contributed by atoms with Crippen LogP contribution in [0.15, 0.2) is 24.3 Å². The van der Waals surface area contributed by atoms with Gasteiger partial charge in [0.05, 0.1) is 10.6 Å². The van der Waals surface area contributed by atoms with Crippen LogP contribution in [0.25, 0.3) is 0 Å². The van der Waals surface area contributed by atoms with Crippen molar-refractivity contribution in [3.05, 3.63) is 51.3 Å². The van der Waals surface area contributed by atoms with Crippen LogP contribution in [0.3, 0.4) is 0 Å². The molecule has 2 aromatic rings. The van der Waals surface area contributed by atoms with Crippen LogP contribution in [-0.4, -0.2) is 20.6 Å². The number of nitro groups is 1. The van der Waals surface area contributed by atoms with Crippen LogP contribution >= 0.6 is 0 Å². The van der Waals surface area contributed by atoms with Gasteiger partial charge in [-0.3, -0.25) is 19.6 Å². The van der Waals surface area contributed by atoms with Crippen molar-refractivity contribution in [2.75, 3.05) is 5.32 Å². The monoisotopic (exact) mass is 350 g/mol. The molecule has 0 unspecified atom stereocenters. The molecule has 0 saturated heterocycles. The fourth-order valence-corrected chi connectivity index (χ4v) is 2.56. The third-order valence-electron chi connectivity index (χ3n) is 3.97. The van der Waals surface area contributed by atoms with Crippen molar-refractivity contribution >= 4 is 17.3 Å². The number of anilines is 1. The van der Waals surface area contributed by atoms with E-state index >= 15 is 0 Å². The SMILES string of the molecule is Cc1ccc(NC(=O)Cn2nc(C3CC3)cc2C(F)F)c([N+](=O)[O-])c1. The smallest absolute Gasteiger partial charge is 0.293 e. The maximum atomic E-state index is 13.1. The number of aromatic nitrogens is 2. The number of nitrogens with one attached hydrogen (secondary N) is 1. The zero-order chi connectivity index (χ0) is 18.1. The van der Waals surface area contributed by atoms with Crippen LogP contribution in [0, 0.1) is 17.0 Å². The average molecular weight is 350 g/mol. The molecule has 9 heteroatoms. The standard InChI is InChI=1S/C16H16F2N4O3/c1-9-2-5-11(13(6-9)22(24)25)19-15(23)8-21-14(16(17)18)7-12(20-21)10-3-4-10/h2,5-7,10,16H,3-4,8H2,1H3,(H,19,23). The van der Waals surface area contributed by atoms with Crippen molar-refractivity contribution in [2.45, 2.75) is 38.7 Å². The zero-order valence-electron chi connectivity index (χ0n) is 13.4. The van der Waals surface area contributed by atoms with E-state index in [0.717, 1.165) is 17.5 Å². The van der Waals surface area contributed by atoms with Crippen LogP contribution in [0.1, 0.15) is 42.1 Å². The van der Waals surface area contributed by atoms with Crippen molar-refractivity contribution in [2.24, 2.45) is 0 Å². The van der Waals surface area contributed by atoms with Crippen LogP contribution in [0.2, 0.25) is 0 Å². The number of amides is 1. The van der Waals surface area contributed by atoms with Crippen LogP contribution < -0.4 is 5.32 Å². The third-order valence-corrected chi connectivity index (χ3v) is 3.97. The van der Waals surface area contributed by atoms with Crippen molar-refractivity contribution in [1.82, 2.24) is 9.78 Å². The Labute approximate surface area is 141 Å². The number of nitro benzene ring substituents is 1. The molecule has 1 saturated carbocycles. The van der Waals surface area contributed by atoms with Gasteiger partial charge in [0.1, 0.15) is 17.9 Å². The highest BCUT2D eigenvalue weighted by Crippen LogP contribution is 2.40. The summed E-state index contributed by atoms with van der Waals surface area (Å²) in [5.74, 6) is -0.473. The van der Waals surface area contributed by atoms with E-state index in [0.29, 0.717) is 11.3 Å². The van der Waals surface area contributed by atoms with E-state index in [9.17, 15) is 23.7 Å². The van der Waals surface area contributed by atoms with Gasteiger partial charge >= 0.3 is 0 Å². The maximum absolute atomic E-state index is 13.1. The van der Waals surface area contributed by atoms with E-state index in [4.69, 9.17) is 0 Å². The Balaban J connectivity index is 1.78. The number of benzene rings is 1. The summed E-state index contributed by atoms with van der Waals surface area (Å²) in [7, 11) is 0. The van der Waals surface area contributed by atoms with Gasteiger partial charge in [0.2, 0.25) is 5.91 Å². The number of alkyl halides is 2.